The van der Waals surface area contributed by atoms with E-state index < -0.39 is 0 Å². The minimum absolute atomic E-state index is 0.296. The van der Waals surface area contributed by atoms with E-state index >= 15 is 0 Å². The van der Waals surface area contributed by atoms with Crippen molar-refractivity contribution in [2.75, 3.05) is 49.6 Å². The molecule has 4 heterocycles. The average molecular weight is 443 g/mol. The van der Waals surface area contributed by atoms with Gasteiger partial charge in [-0.05, 0) is 40.8 Å². The summed E-state index contributed by atoms with van der Waals surface area (Å²) in [5.74, 6) is 1.66. The Morgan fingerprint density at radius 2 is 1.91 bits per heavy atom. The molecule has 0 bridgehead atoms. The number of hydrogen-bond acceptors (Lipinski definition) is 6. The number of nitrogens with zero attached hydrogens (tertiary/aromatic N) is 5. The monoisotopic (exact) mass is 442 g/mol. The van der Waals surface area contributed by atoms with Crippen LogP contribution in [0, 0.1) is 0 Å². The van der Waals surface area contributed by atoms with Crippen molar-refractivity contribution in [3.05, 3.63) is 72.7 Å². The molecule has 2 aliphatic rings. The van der Waals surface area contributed by atoms with Crippen molar-refractivity contribution in [2.24, 2.45) is 4.99 Å². The zero-order valence-corrected chi connectivity index (χ0v) is 18.5. The van der Waals surface area contributed by atoms with Crippen LogP contribution in [-0.4, -0.2) is 60.5 Å². The van der Waals surface area contributed by atoms with E-state index in [-0.39, 0.29) is 6.67 Å². The van der Waals surface area contributed by atoms with E-state index in [1.165, 1.54) is 11.1 Å². The molecule has 0 radical (unpaired) electrons. The maximum atomic E-state index is 12.6. The molecule has 1 aromatic carbocycles. The maximum absolute atomic E-state index is 12.6. The van der Waals surface area contributed by atoms with Crippen LogP contribution >= 0.6 is 0 Å². The number of rotatable bonds is 7. The molecule has 1 saturated heterocycles. The largest absolute Gasteiger partial charge is 0.354 e. The molecule has 5 rings (SSSR count). The smallest absolute Gasteiger partial charge is 0.130 e. The topological polar surface area (TPSA) is 56.7 Å². The molecule has 6 nitrogen and oxygen atoms in total. The van der Waals surface area contributed by atoms with Gasteiger partial charge in [0.2, 0.25) is 0 Å². The summed E-state index contributed by atoms with van der Waals surface area (Å²) in [7, 11) is 0. The first-order valence-electron chi connectivity index (χ1n) is 11.3. The van der Waals surface area contributed by atoms with Crippen LogP contribution in [0.1, 0.15) is 17.5 Å². The second-order valence-corrected chi connectivity index (χ2v) is 8.35. The van der Waals surface area contributed by atoms with Crippen molar-refractivity contribution in [2.45, 2.75) is 6.42 Å². The Bertz CT molecular complexity index is 1230. The summed E-state index contributed by atoms with van der Waals surface area (Å²) < 4.78 is 12.6. The molecule has 2 aliphatic heterocycles. The molecule has 0 aliphatic carbocycles. The molecule has 7 heteroatoms. The van der Waals surface area contributed by atoms with Crippen molar-refractivity contribution in [1.82, 2.24) is 14.9 Å². The van der Waals surface area contributed by atoms with Gasteiger partial charge in [0.15, 0.2) is 0 Å². The van der Waals surface area contributed by atoms with Crippen molar-refractivity contribution in [3.8, 4) is 0 Å². The molecule has 3 aromatic rings. The van der Waals surface area contributed by atoms with Gasteiger partial charge in [0.25, 0.3) is 0 Å². The lowest BCUT2D eigenvalue weighted by atomic mass is 10.0. The number of nitrogens with one attached hydrogen (secondary N) is 1. The highest BCUT2D eigenvalue weighted by Crippen LogP contribution is 2.27. The number of aliphatic imine (C=N–C) groups is 1. The summed E-state index contributed by atoms with van der Waals surface area (Å²) in [6.45, 7) is 7.82. The molecule has 0 spiro atoms. The summed E-state index contributed by atoms with van der Waals surface area (Å²) in [4.78, 5) is 17.7. The lowest BCUT2D eigenvalue weighted by Crippen LogP contribution is -2.47. The summed E-state index contributed by atoms with van der Waals surface area (Å²) >= 11 is 0. The van der Waals surface area contributed by atoms with Gasteiger partial charge in [-0.1, -0.05) is 18.7 Å². The summed E-state index contributed by atoms with van der Waals surface area (Å²) in [5.41, 5.74) is 4.14. The van der Waals surface area contributed by atoms with Crippen molar-refractivity contribution < 1.29 is 4.39 Å². The van der Waals surface area contributed by atoms with E-state index in [1.807, 2.05) is 43.0 Å². The van der Waals surface area contributed by atoms with E-state index in [9.17, 15) is 4.39 Å². The number of allylic oxidation sites excluding steroid dienone is 1. The molecule has 0 unspecified atom stereocenters. The molecule has 0 amide bonds. The number of piperazine rings is 1. The lowest BCUT2D eigenvalue weighted by Gasteiger charge is -2.35. The van der Waals surface area contributed by atoms with Crippen LogP contribution in [-0.2, 0) is 0 Å². The summed E-state index contributed by atoms with van der Waals surface area (Å²) in [6.07, 6.45) is 8.40. The lowest BCUT2D eigenvalue weighted by molar-refractivity contribution is 0.235. The Morgan fingerprint density at radius 3 is 2.70 bits per heavy atom. The van der Waals surface area contributed by atoms with Gasteiger partial charge in [0, 0.05) is 80.6 Å². The fourth-order valence-corrected chi connectivity index (χ4v) is 4.27. The third-order valence-corrected chi connectivity index (χ3v) is 6.21. The molecular formula is C26H27FN6. The predicted molar refractivity (Wildman–Crippen MR) is 134 cm³/mol. The van der Waals surface area contributed by atoms with Crippen LogP contribution in [0.4, 0.5) is 16.0 Å². The van der Waals surface area contributed by atoms with E-state index in [1.54, 1.807) is 0 Å². The van der Waals surface area contributed by atoms with Gasteiger partial charge in [0.05, 0.1) is 0 Å². The van der Waals surface area contributed by atoms with E-state index in [0.29, 0.717) is 6.54 Å². The van der Waals surface area contributed by atoms with E-state index in [2.05, 4.69) is 54.9 Å². The molecule has 2 aromatic heterocycles. The first kappa shape index (κ1) is 21.3. The third kappa shape index (κ3) is 4.78. The van der Waals surface area contributed by atoms with Crippen LogP contribution in [0.15, 0.2) is 66.6 Å². The van der Waals surface area contributed by atoms with Gasteiger partial charge >= 0.3 is 0 Å². The zero-order valence-electron chi connectivity index (χ0n) is 18.5. The highest BCUT2D eigenvalue weighted by molar-refractivity contribution is 5.91. The van der Waals surface area contributed by atoms with Crippen molar-refractivity contribution in [1.29, 1.82) is 0 Å². The highest BCUT2D eigenvalue weighted by Gasteiger charge is 2.18. The first-order chi connectivity index (χ1) is 16.2. The standard InChI is InChI=1S/C26H27FN6/c1-19(20-5-8-29-26(16-20)33-12-10-32(9-6-27)11-13-33)31-25-15-24-14-21(23-4-7-28-17-23)2-3-22(24)18-30-25/h2-3,5,7-8,14-18H,1,4,6,9-13H2,(H,30,31). The number of benzene rings is 1. The third-order valence-electron chi connectivity index (χ3n) is 6.21. The molecular weight excluding hydrogens is 415 g/mol. The number of pyridine rings is 2. The quantitative estimate of drug-likeness (QED) is 0.579. The summed E-state index contributed by atoms with van der Waals surface area (Å²) in [6, 6.07) is 12.4. The fourth-order valence-electron chi connectivity index (χ4n) is 4.27. The van der Waals surface area contributed by atoms with Gasteiger partial charge in [-0.3, -0.25) is 9.89 Å². The van der Waals surface area contributed by atoms with Crippen LogP contribution in [0.3, 0.4) is 0 Å². The average Bonchev–Trinajstić information content (AvgIpc) is 3.39. The van der Waals surface area contributed by atoms with Gasteiger partial charge in [-0.25, -0.2) is 14.4 Å². The number of aromatic nitrogens is 2. The molecule has 0 atom stereocenters. The van der Waals surface area contributed by atoms with Crippen LogP contribution in [0.5, 0.6) is 0 Å². The minimum atomic E-state index is -0.296. The number of hydrogen-bond donors (Lipinski definition) is 1. The number of halogens is 1. The van der Waals surface area contributed by atoms with Crippen molar-refractivity contribution >= 4 is 39.9 Å². The molecule has 0 saturated carbocycles. The highest BCUT2D eigenvalue weighted by atomic mass is 19.1. The molecule has 1 N–H and O–H groups in total. The van der Waals surface area contributed by atoms with Crippen LogP contribution in [0.2, 0.25) is 0 Å². The fraction of sp³-hybridized carbons (Fsp3) is 0.269. The Morgan fingerprint density at radius 1 is 1.03 bits per heavy atom. The Hall–Kier alpha value is -3.58. The van der Waals surface area contributed by atoms with E-state index in [0.717, 1.165) is 66.3 Å². The van der Waals surface area contributed by atoms with Gasteiger partial charge in [-0.15, -0.1) is 0 Å². The predicted octanol–water partition coefficient (Wildman–Crippen LogP) is 4.62. The number of alkyl halides is 1. The van der Waals surface area contributed by atoms with Gasteiger partial charge in [0.1, 0.15) is 18.3 Å². The normalized spacial score (nSPS) is 16.3. The van der Waals surface area contributed by atoms with Crippen LogP contribution < -0.4 is 10.2 Å². The van der Waals surface area contributed by atoms with Gasteiger partial charge < -0.3 is 10.2 Å². The Labute approximate surface area is 193 Å². The summed E-state index contributed by atoms with van der Waals surface area (Å²) in [5, 5.41) is 5.56. The number of fused-ring (bicyclic) bond motifs is 1. The van der Waals surface area contributed by atoms with Gasteiger partial charge in [-0.2, -0.15) is 0 Å². The Kier molecular flexibility index (Phi) is 6.13. The second-order valence-electron chi connectivity index (χ2n) is 8.35. The first-order valence-corrected chi connectivity index (χ1v) is 11.3. The second kappa shape index (κ2) is 9.50. The minimum Gasteiger partial charge on any atom is -0.354 e. The number of anilines is 2. The maximum Gasteiger partial charge on any atom is 0.130 e. The molecule has 1 fully saturated rings. The zero-order chi connectivity index (χ0) is 22.6. The molecule has 168 valence electrons. The SMILES string of the molecule is C=C(Nc1cc2cc(C3=CN=CC3)ccc2cn1)c1ccnc(N2CCN(CCF)CC2)c1. The molecule has 33 heavy (non-hydrogen) atoms. The Balaban J connectivity index is 1.29. The van der Waals surface area contributed by atoms with Crippen LogP contribution in [0.25, 0.3) is 22.0 Å². The van der Waals surface area contributed by atoms with Crippen molar-refractivity contribution in [3.63, 3.8) is 0 Å². The van der Waals surface area contributed by atoms with E-state index in [4.69, 9.17) is 0 Å².